The van der Waals surface area contributed by atoms with Crippen LogP contribution in [0.3, 0.4) is 0 Å². The second-order valence-corrected chi connectivity index (χ2v) is 6.08. The predicted octanol–water partition coefficient (Wildman–Crippen LogP) is 4.20. The molecule has 2 rings (SSSR count). The smallest absolute Gasteiger partial charge is 0.277 e. The minimum atomic E-state index is -0.386. The SMILES string of the molecule is C=CCOc1ccccc1/C=N/NC(=O)COc1ccc(Cl)cc1Br. The van der Waals surface area contributed by atoms with Crippen LogP contribution in [0.1, 0.15) is 5.56 Å². The molecule has 130 valence electrons. The maximum atomic E-state index is 11.8. The summed E-state index contributed by atoms with van der Waals surface area (Å²) >= 11 is 9.17. The first-order valence-corrected chi connectivity index (χ1v) is 8.49. The quantitative estimate of drug-likeness (QED) is 0.393. The summed E-state index contributed by atoms with van der Waals surface area (Å²) < 4.78 is 11.6. The number of nitrogens with one attached hydrogen (secondary N) is 1. The van der Waals surface area contributed by atoms with Gasteiger partial charge < -0.3 is 9.47 Å². The largest absolute Gasteiger partial charge is 0.489 e. The van der Waals surface area contributed by atoms with E-state index in [9.17, 15) is 4.79 Å². The van der Waals surface area contributed by atoms with E-state index in [2.05, 4.69) is 33.0 Å². The van der Waals surface area contributed by atoms with Crippen molar-refractivity contribution in [1.29, 1.82) is 0 Å². The Hall–Kier alpha value is -2.31. The van der Waals surface area contributed by atoms with E-state index in [1.54, 1.807) is 24.3 Å². The maximum absolute atomic E-state index is 11.8. The normalized spacial score (nSPS) is 10.5. The van der Waals surface area contributed by atoms with Crippen LogP contribution in [0.25, 0.3) is 0 Å². The molecule has 7 heteroatoms. The summed E-state index contributed by atoms with van der Waals surface area (Å²) in [7, 11) is 0. The van der Waals surface area contributed by atoms with Gasteiger partial charge in [0.2, 0.25) is 0 Å². The van der Waals surface area contributed by atoms with Gasteiger partial charge >= 0.3 is 0 Å². The van der Waals surface area contributed by atoms with Gasteiger partial charge in [-0.2, -0.15) is 5.10 Å². The van der Waals surface area contributed by atoms with Gasteiger partial charge in [-0.15, -0.1) is 0 Å². The number of hydrogen-bond acceptors (Lipinski definition) is 4. The number of ether oxygens (including phenoxy) is 2. The lowest BCUT2D eigenvalue weighted by Gasteiger charge is -2.08. The van der Waals surface area contributed by atoms with E-state index >= 15 is 0 Å². The Balaban J connectivity index is 1.87. The van der Waals surface area contributed by atoms with E-state index in [0.29, 0.717) is 27.6 Å². The molecule has 0 spiro atoms. The van der Waals surface area contributed by atoms with Crippen molar-refractivity contribution >= 4 is 39.7 Å². The van der Waals surface area contributed by atoms with E-state index in [0.717, 1.165) is 5.56 Å². The second-order valence-electron chi connectivity index (χ2n) is 4.79. The molecule has 0 atom stereocenters. The van der Waals surface area contributed by atoms with Gasteiger partial charge in [0, 0.05) is 10.6 Å². The Bertz CT molecular complexity index is 781. The molecule has 0 radical (unpaired) electrons. The fourth-order valence-electron chi connectivity index (χ4n) is 1.81. The van der Waals surface area contributed by atoms with Crippen molar-refractivity contribution in [1.82, 2.24) is 5.43 Å². The molecule has 2 aromatic carbocycles. The highest BCUT2D eigenvalue weighted by Gasteiger charge is 2.06. The van der Waals surface area contributed by atoms with Crippen molar-refractivity contribution in [3.05, 3.63) is 70.2 Å². The van der Waals surface area contributed by atoms with E-state index < -0.39 is 0 Å². The molecule has 5 nitrogen and oxygen atoms in total. The van der Waals surface area contributed by atoms with Crippen LogP contribution in [0.2, 0.25) is 5.02 Å². The summed E-state index contributed by atoms with van der Waals surface area (Å²) in [6, 6.07) is 12.4. The standard InChI is InChI=1S/C18H16BrClN2O3/c1-2-9-24-16-6-4-3-5-13(16)11-21-22-18(23)12-25-17-8-7-14(20)10-15(17)19/h2-8,10-11H,1,9,12H2,(H,22,23)/b21-11+. The number of hydrazone groups is 1. The lowest BCUT2D eigenvalue weighted by Crippen LogP contribution is -2.24. The molecule has 0 aliphatic heterocycles. The van der Waals surface area contributed by atoms with Crippen LogP contribution in [0.4, 0.5) is 0 Å². The number of carbonyl (C=O) groups excluding carboxylic acids is 1. The number of benzene rings is 2. The monoisotopic (exact) mass is 422 g/mol. The number of rotatable bonds is 8. The van der Waals surface area contributed by atoms with Gasteiger partial charge in [0.15, 0.2) is 6.61 Å². The first-order chi connectivity index (χ1) is 12.1. The van der Waals surface area contributed by atoms with Crippen LogP contribution in [0.15, 0.2) is 64.7 Å². The molecule has 1 amide bonds. The average molecular weight is 424 g/mol. The number of para-hydroxylation sites is 1. The maximum Gasteiger partial charge on any atom is 0.277 e. The molecule has 2 aromatic rings. The van der Waals surface area contributed by atoms with Gasteiger partial charge in [0.05, 0.1) is 10.7 Å². The van der Waals surface area contributed by atoms with Crippen molar-refractivity contribution in [3.8, 4) is 11.5 Å². The lowest BCUT2D eigenvalue weighted by atomic mass is 10.2. The average Bonchev–Trinajstić information content (AvgIpc) is 2.60. The number of hydrogen-bond donors (Lipinski definition) is 1. The Morgan fingerprint density at radius 1 is 1.24 bits per heavy atom. The summed E-state index contributed by atoms with van der Waals surface area (Å²) in [6.07, 6.45) is 3.16. The molecular weight excluding hydrogens is 408 g/mol. The third-order valence-electron chi connectivity index (χ3n) is 2.92. The topological polar surface area (TPSA) is 59.9 Å². The minimum absolute atomic E-state index is 0.174. The highest BCUT2D eigenvalue weighted by molar-refractivity contribution is 9.10. The highest BCUT2D eigenvalue weighted by Crippen LogP contribution is 2.27. The Labute approximate surface area is 159 Å². The number of nitrogens with zero attached hydrogens (tertiary/aromatic N) is 1. The number of carbonyl (C=O) groups is 1. The van der Waals surface area contributed by atoms with Crippen LogP contribution in [-0.2, 0) is 4.79 Å². The molecule has 1 N–H and O–H groups in total. The molecule has 0 aliphatic rings. The zero-order chi connectivity index (χ0) is 18.1. The van der Waals surface area contributed by atoms with Gasteiger partial charge in [-0.25, -0.2) is 5.43 Å². The van der Waals surface area contributed by atoms with Crippen LogP contribution in [-0.4, -0.2) is 25.3 Å². The van der Waals surface area contributed by atoms with Gasteiger partial charge in [-0.3, -0.25) is 4.79 Å². The van der Waals surface area contributed by atoms with Crippen LogP contribution < -0.4 is 14.9 Å². The predicted molar refractivity (Wildman–Crippen MR) is 103 cm³/mol. The van der Waals surface area contributed by atoms with E-state index in [4.69, 9.17) is 21.1 Å². The first-order valence-electron chi connectivity index (χ1n) is 7.32. The van der Waals surface area contributed by atoms with E-state index in [1.807, 2.05) is 24.3 Å². The van der Waals surface area contributed by atoms with Crippen molar-refractivity contribution in [2.24, 2.45) is 5.10 Å². The van der Waals surface area contributed by atoms with Gasteiger partial charge in [0.1, 0.15) is 18.1 Å². The number of amides is 1. The fourth-order valence-corrected chi connectivity index (χ4v) is 2.61. The highest BCUT2D eigenvalue weighted by atomic mass is 79.9. The van der Waals surface area contributed by atoms with Crippen molar-refractivity contribution in [2.75, 3.05) is 13.2 Å². The zero-order valence-electron chi connectivity index (χ0n) is 13.2. The fraction of sp³-hybridized carbons (Fsp3) is 0.111. The Morgan fingerprint density at radius 3 is 2.80 bits per heavy atom. The summed E-state index contributed by atoms with van der Waals surface area (Å²) in [6.45, 7) is 3.82. The molecule has 0 aliphatic carbocycles. The Kier molecular flexibility index (Phi) is 7.50. The molecule has 25 heavy (non-hydrogen) atoms. The molecule has 0 aromatic heterocycles. The molecule has 0 bridgehead atoms. The van der Waals surface area contributed by atoms with Gasteiger partial charge in [-0.1, -0.05) is 36.4 Å². The summed E-state index contributed by atoms with van der Waals surface area (Å²) in [5.41, 5.74) is 3.15. The zero-order valence-corrected chi connectivity index (χ0v) is 15.6. The number of halogens is 2. The summed E-state index contributed by atoms with van der Waals surface area (Å²) in [5, 5.41) is 4.49. The van der Waals surface area contributed by atoms with E-state index in [1.165, 1.54) is 6.21 Å². The third-order valence-corrected chi connectivity index (χ3v) is 3.78. The molecule has 0 unspecified atom stereocenters. The molecular formula is C18H16BrClN2O3. The molecule has 0 heterocycles. The third kappa shape index (κ3) is 6.25. The van der Waals surface area contributed by atoms with Crippen molar-refractivity contribution < 1.29 is 14.3 Å². The first kappa shape index (κ1) is 19.0. The Morgan fingerprint density at radius 2 is 2.04 bits per heavy atom. The second kappa shape index (κ2) is 9.86. The molecule has 0 saturated heterocycles. The lowest BCUT2D eigenvalue weighted by molar-refractivity contribution is -0.123. The van der Waals surface area contributed by atoms with Crippen molar-refractivity contribution in [2.45, 2.75) is 0 Å². The minimum Gasteiger partial charge on any atom is -0.489 e. The van der Waals surface area contributed by atoms with Crippen LogP contribution in [0.5, 0.6) is 11.5 Å². The van der Waals surface area contributed by atoms with Gasteiger partial charge in [0.25, 0.3) is 5.91 Å². The van der Waals surface area contributed by atoms with Crippen LogP contribution >= 0.6 is 27.5 Å². The van der Waals surface area contributed by atoms with E-state index in [-0.39, 0.29) is 12.5 Å². The summed E-state index contributed by atoms with van der Waals surface area (Å²) in [5.74, 6) is 0.788. The molecule has 0 fully saturated rings. The van der Waals surface area contributed by atoms with Gasteiger partial charge in [-0.05, 0) is 46.3 Å². The molecule has 0 saturated carbocycles. The van der Waals surface area contributed by atoms with Crippen LogP contribution in [0, 0.1) is 0 Å². The summed E-state index contributed by atoms with van der Waals surface area (Å²) in [4.78, 5) is 11.8. The van der Waals surface area contributed by atoms with Crippen molar-refractivity contribution in [3.63, 3.8) is 0 Å².